The van der Waals surface area contributed by atoms with Crippen LogP contribution in [-0.2, 0) is 0 Å². The molecular weight excluding hydrogens is 518 g/mol. The molecule has 5 aromatic carbocycles. The quantitative estimate of drug-likeness (QED) is 0.238. The normalized spacial score (nSPS) is 15.1. The molecule has 1 aromatic heterocycles. The van der Waals surface area contributed by atoms with Crippen LogP contribution >= 0.6 is 0 Å². The molecule has 0 spiro atoms. The summed E-state index contributed by atoms with van der Waals surface area (Å²) in [6.45, 7) is 0. The Hall–Kier alpha value is -5.36. The molecule has 1 N–H and O–H groups in total. The molecule has 0 radical (unpaired) electrons. The molecule has 0 bridgehead atoms. The molecular formula is C36H31N5O. The molecule has 6 heteroatoms. The van der Waals surface area contributed by atoms with E-state index < -0.39 is 0 Å². The molecule has 1 aliphatic rings. The van der Waals surface area contributed by atoms with Gasteiger partial charge in [-0.05, 0) is 77.2 Å². The molecule has 1 aliphatic heterocycles. The van der Waals surface area contributed by atoms with Crippen molar-refractivity contribution in [2.75, 3.05) is 31.1 Å². The monoisotopic (exact) mass is 549 g/mol. The Morgan fingerprint density at radius 2 is 1.55 bits per heavy atom. The van der Waals surface area contributed by atoms with E-state index in [1.54, 1.807) is 6.07 Å². The van der Waals surface area contributed by atoms with Gasteiger partial charge in [0.2, 0.25) is 0 Å². The smallest absolute Gasteiger partial charge is 0.116 e. The van der Waals surface area contributed by atoms with Gasteiger partial charge in [0.15, 0.2) is 0 Å². The summed E-state index contributed by atoms with van der Waals surface area (Å²) in [5.74, 6) is 0.261. The van der Waals surface area contributed by atoms with Gasteiger partial charge < -0.3 is 15.0 Å². The first kappa shape index (κ1) is 25.6. The number of azo groups is 1. The standard InChI is InChI=1S/C36H31N5O/c1-39(2)28-17-11-24(12-18-28)21-31-32-22-29(42)19-20-34(32)41-36(31)23-35(40(41)3)26-13-15-27(16-14-26)37-38-33-10-6-8-25-7-4-5-9-30(25)33/h4-23,35,42H,1-3H3/b31-21-,38-37+. The predicted molar refractivity (Wildman–Crippen MR) is 173 cm³/mol. The number of nitrogens with zero attached hydrogens (tertiary/aromatic N) is 5. The highest BCUT2D eigenvalue weighted by Gasteiger charge is 2.25. The number of phenols is 1. The fourth-order valence-corrected chi connectivity index (χ4v) is 5.83. The SMILES string of the molecule is CN(C)c1ccc(/C=c2\c3n(c4ccc(O)cc24)N(C)C(c2ccc(/N=N/c4cccc5ccccc45)cc2)C=3)cc1. The number of rotatable bonds is 5. The van der Waals surface area contributed by atoms with E-state index in [0.29, 0.717) is 0 Å². The van der Waals surface area contributed by atoms with Crippen LogP contribution in [0.1, 0.15) is 17.2 Å². The average molecular weight is 550 g/mol. The lowest BCUT2D eigenvalue weighted by atomic mass is 10.1. The summed E-state index contributed by atoms with van der Waals surface area (Å²) >= 11 is 0. The average Bonchev–Trinajstić information content (AvgIpc) is 3.50. The highest BCUT2D eigenvalue weighted by Crippen LogP contribution is 2.30. The van der Waals surface area contributed by atoms with Gasteiger partial charge in [0.25, 0.3) is 0 Å². The zero-order chi connectivity index (χ0) is 28.8. The maximum atomic E-state index is 10.3. The first-order valence-corrected chi connectivity index (χ1v) is 14.0. The van der Waals surface area contributed by atoms with Crippen LogP contribution in [0.5, 0.6) is 5.75 Å². The van der Waals surface area contributed by atoms with Crippen LogP contribution in [0.4, 0.5) is 17.1 Å². The minimum Gasteiger partial charge on any atom is -0.508 e. The number of anilines is 1. The van der Waals surface area contributed by atoms with Gasteiger partial charge >= 0.3 is 0 Å². The van der Waals surface area contributed by atoms with E-state index in [9.17, 15) is 5.11 Å². The molecule has 0 saturated carbocycles. The van der Waals surface area contributed by atoms with Crippen LogP contribution < -0.4 is 20.5 Å². The Kier molecular flexibility index (Phi) is 6.24. The summed E-state index contributed by atoms with van der Waals surface area (Å²) in [7, 11) is 6.19. The fourth-order valence-electron chi connectivity index (χ4n) is 5.83. The van der Waals surface area contributed by atoms with Crippen molar-refractivity contribution in [3.63, 3.8) is 0 Å². The molecule has 1 unspecified atom stereocenters. The van der Waals surface area contributed by atoms with Crippen molar-refractivity contribution in [3.05, 3.63) is 131 Å². The van der Waals surface area contributed by atoms with Gasteiger partial charge in [-0.15, -0.1) is 5.11 Å². The van der Waals surface area contributed by atoms with Crippen molar-refractivity contribution < 1.29 is 5.11 Å². The van der Waals surface area contributed by atoms with Crippen molar-refractivity contribution >= 4 is 50.9 Å². The van der Waals surface area contributed by atoms with Crippen LogP contribution in [0.2, 0.25) is 0 Å². The minimum absolute atomic E-state index is 0.0468. The summed E-state index contributed by atoms with van der Waals surface area (Å²) in [5, 5.41) is 27.1. The molecule has 0 aliphatic carbocycles. The third-order valence-electron chi connectivity index (χ3n) is 8.03. The lowest BCUT2D eigenvalue weighted by Gasteiger charge is -2.25. The van der Waals surface area contributed by atoms with Crippen molar-refractivity contribution in [1.82, 2.24) is 4.68 Å². The first-order valence-electron chi connectivity index (χ1n) is 14.0. The summed E-state index contributed by atoms with van der Waals surface area (Å²) in [5.41, 5.74) is 6.16. The Bertz CT molecular complexity index is 2090. The van der Waals surface area contributed by atoms with E-state index in [1.807, 2.05) is 62.6 Å². The second-order valence-corrected chi connectivity index (χ2v) is 10.9. The lowest BCUT2D eigenvalue weighted by Crippen LogP contribution is -2.35. The molecule has 6 nitrogen and oxygen atoms in total. The van der Waals surface area contributed by atoms with E-state index in [2.05, 4.69) is 98.6 Å². The molecule has 6 aromatic rings. The summed E-state index contributed by atoms with van der Waals surface area (Å²) in [4.78, 5) is 2.09. The molecule has 0 amide bonds. The minimum atomic E-state index is 0.0468. The highest BCUT2D eigenvalue weighted by molar-refractivity contribution is 5.92. The number of hydrogen-bond donors (Lipinski definition) is 1. The molecule has 1 atom stereocenters. The number of fused-ring (bicyclic) bond motifs is 4. The Labute approximate surface area is 244 Å². The highest BCUT2D eigenvalue weighted by atomic mass is 16.3. The van der Waals surface area contributed by atoms with Crippen molar-refractivity contribution in [1.29, 1.82) is 0 Å². The van der Waals surface area contributed by atoms with Crippen molar-refractivity contribution in [3.8, 4) is 5.75 Å². The van der Waals surface area contributed by atoms with E-state index in [-0.39, 0.29) is 11.8 Å². The van der Waals surface area contributed by atoms with Gasteiger partial charge in [0.05, 0.1) is 28.3 Å². The van der Waals surface area contributed by atoms with E-state index in [0.717, 1.165) is 54.9 Å². The molecule has 0 fully saturated rings. The van der Waals surface area contributed by atoms with Gasteiger partial charge in [-0.25, -0.2) is 0 Å². The third-order valence-corrected chi connectivity index (χ3v) is 8.03. The predicted octanol–water partition coefficient (Wildman–Crippen LogP) is 6.91. The number of aromatic hydroxyl groups is 1. The molecule has 42 heavy (non-hydrogen) atoms. The second-order valence-electron chi connectivity index (χ2n) is 10.9. The molecule has 206 valence electrons. The molecule has 0 saturated heterocycles. The van der Waals surface area contributed by atoms with Crippen LogP contribution in [0.25, 0.3) is 33.8 Å². The number of aromatic nitrogens is 1. The van der Waals surface area contributed by atoms with Gasteiger partial charge in [-0.3, -0.25) is 4.68 Å². The van der Waals surface area contributed by atoms with Crippen LogP contribution in [0.3, 0.4) is 0 Å². The van der Waals surface area contributed by atoms with Gasteiger partial charge in [-0.1, -0.05) is 60.7 Å². The van der Waals surface area contributed by atoms with Crippen LogP contribution in [0.15, 0.2) is 119 Å². The Morgan fingerprint density at radius 3 is 2.33 bits per heavy atom. The fraction of sp³-hybridized carbons (Fsp3) is 0.111. The van der Waals surface area contributed by atoms with Crippen molar-refractivity contribution in [2.24, 2.45) is 10.2 Å². The van der Waals surface area contributed by atoms with Gasteiger partial charge in [-0.2, -0.15) is 5.11 Å². The summed E-state index contributed by atoms with van der Waals surface area (Å²) in [6, 6.07) is 36.8. The Morgan fingerprint density at radius 1 is 0.786 bits per heavy atom. The topological polar surface area (TPSA) is 56.4 Å². The van der Waals surface area contributed by atoms with Gasteiger partial charge in [0.1, 0.15) is 5.75 Å². The second kappa shape index (κ2) is 10.2. The summed E-state index contributed by atoms with van der Waals surface area (Å²) in [6.07, 6.45) is 4.50. The number of hydrogen-bond acceptors (Lipinski definition) is 5. The van der Waals surface area contributed by atoms with E-state index in [1.165, 1.54) is 5.56 Å². The summed E-state index contributed by atoms with van der Waals surface area (Å²) < 4.78 is 2.24. The van der Waals surface area contributed by atoms with E-state index in [4.69, 9.17) is 0 Å². The first-order chi connectivity index (χ1) is 20.5. The zero-order valence-corrected chi connectivity index (χ0v) is 23.8. The van der Waals surface area contributed by atoms with Crippen LogP contribution in [-0.4, -0.2) is 30.9 Å². The van der Waals surface area contributed by atoms with E-state index >= 15 is 0 Å². The van der Waals surface area contributed by atoms with Crippen LogP contribution in [0, 0.1) is 0 Å². The largest absolute Gasteiger partial charge is 0.508 e. The maximum absolute atomic E-state index is 10.3. The third kappa shape index (κ3) is 4.47. The number of benzene rings is 5. The maximum Gasteiger partial charge on any atom is 0.116 e. The molecule has 2 heterocycles. The number of phenolic OH excluding ortho intramolecular Hbond substituents is 1. The Balaban J connectivity index is 1.25. The molecule has 7 rings (SSSR count). The van der Waals surface area contributed by atoms with Gasteiger partial charge in [0, 0.05) is 42.8 Å². The van der Waals surface area contributed by atoms with Crippen molar-refractivity contribution in [2.45, 2.75) is 6.04 Å². The lowest BCUT2D eigenvalue weighted by molar-refractivity contribution is 0.476. The zero-order valence-electron chi connectivity index (χ0n) is 23.8.